The van der Waals surface area contributed by atoms with Gasteiger partial charge in [0.05, 0.1) is 0 Å². The standard InChI is InChI=1S/C16H26N2/c1-13-6-4-5-7-14(13)12-18(3)16-10-8-15(17-2)9-11-16/h4-7,15-17H,8-12H2,1-3H3. The normalized spacial score (nSPS) is 24.4. The second kappa shape index (κ2) is 6.35. The number of aryl methyl sites for hydroxylation is 1. The highest BCUT2D eigenvalue weighted by Gasteiger charge is 2.23. The maximum absolute atomic E-state index is 3.40. The fourth-order valence-electron chi connectivity index (χ4n) is 2.99. The summed E-state index contributed by atoms with van der Waals surface area (Å²) in [5, 5.41) is 3.40. The van der Waals surface area contributed by atoms with Gasteiger partial charge in [-0.25, -0.2) is 0 Å². The molecule has 1 saturated carbocycles. The maximum atomic E-state index is 3.40. The first-order chi connectivity index (χ1) is 8.70. The minimum Gasteiger partial charge on any atom is -0.317 e. The molecule has 18 heavy (non-hydrogen) atoms. The lowest BCUT2D eigenvalue weighted by molar-refractivity contribution is 0.169. The largest absolute Gasteiger partial charge is 0.317 e. The highest BCUT2D eigenvalue weighted by atomic mass is 15.1. The van der Waals surface area contributed by atoms with Crippen molar-refractivity contribution in [1.29, 1.82) is 0 Å². The highest BCUT2D eigenvalue weighted by molar-refractivity contribution is 5.25. The molecule has 0 amide bonds. The van der Waals surface area contributed by atoms with Gasteiger partial charge in [0.25, 0.3) is 0 Å². The highest BCUT2D eigenvalue weighted by Crippen LogP contribution is 2.23. The molecule has 1 aliphatic rings. The van der Waals surface area contributed by atoms with E-state index in [4.69, 9.17) is 0 Å². The van der Waals surface area contributed by atoms with E-state index in [1.807, 2.05) is 0 Å². The number of rotatable bonds is 4. The molecule has 1 aromatic rings. The molecule has 0 heterocycles. The first-order valence-electron chi connectivity index (χ1n) is 7.12. The van der Waals surface area contributed by atoms with E-state index >= 15 is 0 Å². The van der Waals surface area contributed by atoms with Gasteiger partial charge in [0.1, 0.15) is 0 Å². The monoisotopic (exact) mass is 246 g/mol. The van der Waals surface area contributed by atoms with Crippen LogP contribution in [0.2, 0.25) is 0 Å². The summed E-state index contributed by atoms with van der Waals surface area (Å²) in [5.41, 5.74) is 2.88. The second-order valence-corrected chi connectivity index (χ2v) is 5.64. The molecule has 0 spiro atoms. The van der Waals surface area contributed by atoms with E-state index in [1.54, 1.807) is 0 Å². The fourth-order valence-corrected chi connectivity index (χ4v) is 2.99. The molecule has 0 aliphatic heterocycles. The number of hydrogen-bond acceptors (Lipinski definition) is 2. The zero-order chi connectivity index (χ0) is 13.0. The average Bonchev–Trinajstić information content (AvgIpc) is 2.41. The predicted molar refractivity (Wildman–Crippen MR) is 77.7 cm³/mol. The Morgan fingerprint density at radius 2 is 1.83 bits per heavy atom. The molecular weight excluding hydrogens is 220 g/mol. The zero-order valence-corrected chi connectivity index (χ0v) is 11.9. The Hall–Kier alpha value is -0.860. The molecular formula is C16H26N2. The van der Waals surface area contributed by atoms with Crippen molar-refractivity contribution in [1.82, 2.24) is 10.2 Å². The van der Waals surface area contributed by atoms with Gasteiger partial charge in [0.15, 0.2) is 0 Å². The molecule has 2 rings (SSSR count). The van der Waals surface area contributed by atoms with Crippen molar-refractivity contribution in [2.75, 3.05) is 14.1 Å². The van der Waals surface area contributed by atoms with Crippen LogP contribution in [0.5, 0.6) is 0 Å². The average molecular weight is 246 g/mol. The summed E-state index contributed by atoms with van der Waals surface area (Å²) in [7, 11) is 4.36. The van der Waals surface area contributed by atoms with Crippen molar-refractivity contribution in [3.63, 3.8) is 0 Å². The molecule has 0 bridgehead atoms. The molecule has 0 saturated heterocycles. The van der Waals surface area contributed by atoms with E-state index in [9.17, 15) is 0 Å². The minimum atomic E-state index is 0.744. The van der Waals surface area contributed by atoms with Crippen LogP contribution in [0.3, 0.4) is 0 Å². The maximum Gasteiger partial charge on any atom is 0.0236 e. The van der Waals surface area contributed by atoms with Crippen molar-refractivity contribution >= 4 is 0 Å². The first-order valence-corrected chi connectivity index (χ1v) is 7.12. The molecule has 0 aromatic heterocycles. The lowest BCUT2D eigenvalue weighted by atomic mass is 9.90. The van der Waals surface area contributed by atoms with E-state index in [-0.39, 0.29) is 0 Å². The minimum absolute atomic E-state index is 0.744. The lowest BCUT2D eigenvalue weighted by Gasteiger charge is -2.34. The summed E-state index contributed by atoms with van der Waals surface area (Å²) in [6.07, 6.45) is 5.29. The fraction of sp³-hybridized carbons (Fsp3) is 0.625. The van der Waals surface area contributed by atoms with Crippen molar-refractivity contribution in [3.8, 4) is 0 Å². The van der Waals surface area contributed by atoms with Crippen LogP contribution in [0.4, 0.5) is 0 Å². The van der Waals surface area contributed by atoms with Gasteiger partial charge in [0.2, 0.25) is 0 Å². The van der Waals surface area contributed by atoms with Crippen LogP contribution in [0.25, 0.3) is 0 Å². The van der Waals surface area contributed by atoms with Crippen LogP contribution < -0.4 is 5.32 Å². The Labute approximate surface area is 111 Å². The summed E-state index contributed by atoms with van der Waals surface area (Å²) in [6, 6.07) is 10.2. The summed E-state index contributed by atoms with van der Waals surface area (Å²) in [4.78, 5) is 2.54. The topological polar surface area (TPSA) is 15.3 Å². The molecule has 1 aromatic carbocycles. The molecule has 100 valence electrons. The molecule has 0 atom stereocenters. The Kier molecular flexibility index (Phi) is 4.79. The Bertz CT molecular complexity index is 367. The molecule has 1 aliphatic carbocycles. The van der Waals surface area contributed by atoms with E-state index in [1.165, 1.54) is 36.8 Å². The number of nitrogens with zero attached hydrogens (tertiary/aromatic N) is 1. The number of hydrogen-bond donors (Lipinski definition) is 1. The van der Waals surface area contributed by atoms with Crippen LogP contribution in [0, 0.1) is 6.92 Å². The lowest BCUT2D eigenvalue weighted by Crippen LogP contribution is -2.39. The van der Waals surface area contributed by atoms with Gasteiger partial charge in [-0.15, -0.1) is 0 Å². The van der Waals surface area contributed by atoms with Gasteiger partial charge < -0.3 is 5.32 Å². The van der Waals surface area contributed by atoms with Gasteiger partial charge in [-0.3, -0.25) is 4.90 Å². The van der Waals surface area contributed by atoms with E-state index in [0.717, 1.165) is 18.6 Å². The summed E-state index contributed by atoms with van der Waals surface area (Å²) in [6.45, 7) is 3.29. The van der Waals surface area contributed by atoms with E-state index in [2.05, 4.69) is 55.5 Å². The van der Waals surface area contributed by atoms with Gasteiger partial charge in [-0.1, -0.05) is 24.3 Å². The molecule has 0 radical (unpaired) electrons. The SMILES string of the molecule is CNC1CCC(N(C)Cc2ccccc2C)CC1. The number of nitrogens with one attached hydrogen (secondary N) is 1. The quantitative estimate of drug-likeness (QED) is 0.878. The van der Waals surface area contributed by atoms with Gasteiger partial charge in [-0.05, 0) is 57.8 Å². The van der Waals surface area contributed by atoms with Gasteiger partial charge in [0, 0.05) is 18.6 Å². The van der Waals surface area contributed by atoms with E-state index < -0.39 is 0 Å². The third-order valence-corrected chi connectivity index (χ3v) is 4.41. The predicted octanol–water partition coefficient (Wildman–Crippen LogP) is 2.96. The third-order valence-electron chi connectivity index (χ3n) is 4.41. The van der Waals surface area contributed by atoms with Gasteiger partial charge >= 0.3 is 0 Å². The molecule has 0 unspecified atom stereocenters. The number of benzene rings is 1. The van der Waals surface area contributed by atoms with E-state index in [0.29, 0.717) is 0 Å². The van der Waals surface area contributed by atoms with Crippen molar-refractivity contribution < 1.29 is 0 Å². The van der Waals surface area contributed by atoms with Crippen LogP contribution in [0.15, 0.2) is 24.3 Å². The van der Waals surface area contributed by atoms with Gasteiger partial charge in [-0.2, -0.15) is 0 Å². The van der Waals surface area contributed by atoms with Crippen LogP contribution in [-0.4, -0.2) is 31.1 Å². The summed E-state index contributed by atoms with van der Waals surface area (Å²) < 4.78 is 0. The molecule has 1 fully saturated rings. The third kappa shape index (κ3) is 3.33. The Morgan fingerprint density at radius 3 is 2.44 bits per heavy atom. The van der Waals surface area contributed by atoms with Crippen molar-refractivity contribution in [3.05, 3.63) is 35.4 Å². The van der Waals surface area contributed by atoms with Crippen LogP contribution >= 0.6 is 0 Å². The first kappa shape index (κ1) is 13.6. The van der Waals surface area contributed by atoms with Crippen molar-refractivity contribution in [2.45, 2.75) is 51.2 Å². The summed E-state index contributed by atoms with van der Waals surface area (Å²) in [5.74, 6) is 0. The van der Waals surface area contributed by atoms with Crippen LogP contribution in [0.1, 0.15) is 36.8 Å². The molecule has 1 N–H and O–H groups in total. The van der Waals surface area contributed by atoms with Crippen molar-refractivity contribution in [2.24, 2.45) is 0 Å². The molecule has 2 heteroatoms. The Balaban J connectivity index is 1.89. The smallest absolute Gasteiger partial charge is 0.0236 e. The molecule has 2 nitrogen and oxygen atoms in total. The second-order valence-electron chi connectivity index (χ2n) is 5.64. The zero-order valence-electron chi connectivity index (χ0n) is 11.9. The van der Waals surface area contributed by atoms with Crippen LogP contribution in [-0.2, 0) is 6.54 Å². The summed E-state index contributed by atoms with van der Waals surface area (Å²) >= 11 is 0. The Morgan fingerprint density at radius 1 is 1.17 bits per heavy atom.